The minimum Gasteiger partial charge on any atom is -0.300 e. The molecule has 192 valence electrons. The first kappa shape index (κ1) is 23.9. The molecular weight excluding hydrogens is 541 g/mol. The Morgan fingerprint density at radius 3 is 1.95 bits per heavy atom. The number of fused-ring (bicyclic) bond motifs is 8. The summed E-state index contributed by atoms with van der Waals surface area (Å²) in [6.07, 6.45) is 3.76. The molecule has 2 aromatic heterocycles. The highest BCUT2D eigenvalue weighted by Gasteiger charge is 2.25. The Bertz CT molecular complexity index is 2140. The number of anilines is 3. The molecule has 0 atom stereocenters. The van der Waals surface area contributed by atoms with Gasteiger partial charge in [0.15, 0.2) is 5.82 Å². The van der Waals surface area contributed by atoms with Crippen molar-refractivity contribution >= 4 is 83.6 Å². The monoisotopic (exact) mass is 560 g/mol. The molecule has 3 heterocycles. The third kappa shape index (κ3) is 3.90. The van der Waals surface area contributed by atoms with E-state index in [1.165, 1.54) is 15.2 Å². The van der Waals surface area contributed by atoms with Crippen LogP contribution in [0, 0.1) is 11.3 Å². The molecule has 1 aliphatic heterocycles. The van der Waals surface area contributed by atoms with Gasteiger partial charge in [-0.15, -0.1) is 11.3 Å². The van der Waals surface area contributed by atoms with Gasteiger partial charge in [-0.1, -0.05) is 84.6 Å². The first-order valence-electron chi connectivity index (χ1n) is 13.2. The maximum atomic E-state index is 10.2. The molecule has 0 amide bonds. The summed E-state index contributed by atoms with van der Waals surface area (Å²) in [5, 5.41) is 16.8. The quantitative estimate of drug-likeness (QED) is 0.159. The number of thiophene rings is 1. The second-order valence-electron chi connectivity index (χ2n) is 9.77. The number of aromatic nitrogens is 2. The van der Waals surface area contributed by atoms with Crippen LogP contribution in [-0.2, 0) is 0 Å². The Labute approximate surface area is 244 Å². The molecule has 0 saturated heterocycles. The Kier molecular flexibility index (Phi) is 5.59. The fourth-order valence-corrected chi connectivity index (χ4v) is 7.60. The maximum Gasteiger partial charge on any atom is 0.170 e. The summed E-state index contributed by atoms with van der Waals surface area (Å²) in [6, 6.07) is 40.1. The normalized spacial score (nSPS) is 12.9. The van der Waals surface area contributed by atoms with E-state index < -0.39 is 0 Å². The van der Waals surface area contributed by atoms with Crippen molar-refractivity contribution in [1.29, 1.82) is 5.26 Å². The minimum absolute atomic E-state index is 0.431. The summed E-state index contributed by atoms with van der Waals surface area (Å²) >= 11 is 3.44. The number of allylic oxidation sites excluding steroid dienone is 1. The summed E-state index contributed by atoms with van der Waals surface area (Å²) in [7, 11) is 0. The van der Waals surface area contributed by atoms with Crippen LogP contribution in [0.25, 0.3) is 44.1 Å². The van der Waals surface area contributed by atoms with E-state index in [0.717, 1.165) is 48.3 Å². The second kappa shape index (κ2) is 9.60. The third-order valence-corrected chi connectivity index (χ3v) is 9.54. The van der Waals surface area contributed by atoms with E-state index in [-0.39, 0.29) is 0 Å². The van der Waals surface area contributed by atoms with Gasteiger partial charge in [0.2, 0.25) is 0 Å². The van der Waals surface area contributed by atoms with E-state index in [2.05, 4.69) is 113 Å². The van der Waals surface area contributed by atoms with Crippen LogP contribution in [0.15, 0.2) is 125 Å². The zero-order chi connectivity index (χ0) is 27.3. The van der Waals surface area contributed by atoms with E-state index in [1.54, 1.807) is 23.1 Å². The zero-order valence-corrected chi connectivity index (χ0v) is 23.3. The first-order valence-corrected chi connectivity index (χ1v) is 14.9. The minimum atomic E-state index is 0.431. The van der Waals surface area contributed by atoms with E-state index in [0.29, 0.717) is 11.4 Å². The van der Waals surface area contributed by atoms with Crippen molar-refractivity contribution in [3.8, 4) is 6.07 Å². The van der Waals surface area contributed by atoms with Crippen molar-refractivity contribution < 1.29 is 0 Å². The number of hydrogen-bond acceptors (Lipinski definition) is 6. The molecule has 0 aliphatic carbocycles. The molecule has 41 heavy (non-hydrogen) atoms. The molecular formula is C35H20N4S2. The molecule has 0 fully saturated rings. The van der Waals surface area contributed by atoms with Gasteiger partial charge in [0.1, 0.15) is 11.1 Å². The van der Waals surface area contributed by atoms with Crippen LogP contribution < -0.4 is 4.90 Å². The summed E-state index contributed by atoms with van der Waals surface area (Å²) in [4.78, 5) is 15.4. The average Bonchev–Trinajstić information content (AvgIpc) is 3.50. The van der Waals surface area contributed by atoms with Gasteiger partial charge in [-0.2, -0.15) is 5.26 Å². The lowest BCUT2D eigenvalue weighted by molar-refractivity contribution is 1.18. The van der Waals surface area contributed by atoms with Crippen molar-refractivity contribution in [2.45, 2.75) is 9.79 Å². The van der Waals surface area contributed by atoms with Gasteiger partial charge in [0.25, 0.3) is 0 Å². The van der Waals surface area contributed by atoms with Crippen LogP contribution >= 0.6 is 23.1 Å². The van der Waals surface area contributed by atoms with Gasteiger partial charge >= 0.3 is 0 Å². The number of benzene rings is 5. The molecule has 8 rings (SSSR count). The number of nitriles is 1. The van der Waals surface area contributed by atoms with Crippen molar-refractivity contribution in [3.05, 3.63) is 126 Å². The summed E-state index contributed by atoms with van der Waals surface area (Å²) in [5.41, 5.74) is 3.61. The van der Waals surface area contributed by atoms with Crippen LogP contribution in [0.1, 0.15) is 10.7 Å². The lowest BCUT2D eigenvalue weighted by Crippen LogP contribution is -2.13. The SMILES string of the molecule is N#C/C(=C\c1ccc(N2c3ccccc3Sc3ccccc32)s1)c1ncc2c3ccccc3c3ccccc3c2n1. The molecule has 4 nitrogen and oxygen atoms in total. The molecule has 0 saturated carbocycles. The zero-order valence-electron chi connectivity index (χ0n) is 21.7. The van der Waals surface area contributed by atoms with E-state index in [1.807, 2.05) is 24.4 Å². The number of rotatable bonds is 3. The Morgan fingerprint density at radius 1 is 0.683 bits per heavy atom. The van der Waals surface area contributed by atoms with Crippen molar-refractivity contribution in [2.24, 2.45) is 0 Å². The van der Waals surface area contributed by atoms with Crippen molar-refractivity contribution in [1.82, 2.24) is 9.97 Å². The topological polar surface area (TPSA) is 52.8 Å². The highest BCUT2D eigenvalue weighted by Crippen LogP contribution is 2.52. The molecule has 0 bridgehead atoms. The predicted molar refractivity (Wildman–Crippen MR) is 171 cm³/mol. The molecule has 0 spiro atoms. The molecule has 0 unspecified atom stereocenters. The van der Waals surface area contributed by atoms with E-state index in [4.69, 9.17) is 4.98 Å². The molecule has 5 aromatic carbocycles. The van der Waals surface area contributed by atoms with Crippen LogP contribution in [0.3, 0.4) is 0 Å². The predicted octanol–water partition coefficient (Wildman–Crippen LogP) is 10.00. The van der Waals surface area contributed by atoms with Crippen LogP contribution in [0.2, 0.25) is 0 Å². The first-order chi connectivity index (χ1) is 20.3. The van der Waals surface area contributed by atoms with Gasteiger partial charge in [0, 0.05) is 31.6 Å². The summed E-state index contributed by atoms with van der Waals surface area (Å²) in [6.45, 7) is 0. The highest BCUT2D eigenvalue weighted by atomic mass is 32.2. The maximum absolute atomic E-state index is 10.2. The average molecular weight is 561 g/mol. The Morgan fingerprint density at radius 2 is 1.27 bits per heavy atom. The van der Waals surface area contributed by atoms with E-state index >= 15 is 0 Å². The second-order valence-corrected chi connectivity index (χ2v) is 11.9. The van der Waals surface area contributed by atoms with Crippen LogP contribution in [-0.4, -0.2) is 9.97 Å². The lowest BCUT2D eigenvalue weighted by Gasteiger charge is -2.31. The van der Waals surface area contributed by atoms with Gasteiger partial charge in [-0.3, -0.25) is 4.90 Å². The van der Waals surface area contributed by atoms with Gasteiger partial charge in [0.05, 0.1) is 22.5 Å². The number of nitrogens with zero attached hydrogens (tertiary/aromatic N) is 4. The van der Waals surface area contributed by atoms with Gasteiger partial charge in [-0.25, -0.2) is 9.97 Å². The fraction of sp³-hybridized carbons (Fsp3) is 0. The molecule has 0 radical (unpaired) electrons. The fourth-order valence-electron chi connectivity index (χ4n) is 5.56. The number of hydrogen-bond donors (Lipinski definition) is 0. The van der Waals surface area contributed by atoms with Gasteiger partial charge < -0.3 is 0 Å². The molecule has 1 aliphatic rings. The van der Waals surface area contributed by atoms with Crippen molar-refractivity contribution in [2.75, 3.05) is 4.90 Å². The lowest BCUT2D eigenvalue weighted by atomic mass is 9.98. The van der Waals surface area contributed by atoms with E-state index in [9.17, 15) is 5.26 Å². The smallest absolute Gasteiger partial charge is 0.170 e. The largest absolute Gasteiger partial charge is 0.300 e. The highest BCUT2D eigenvalue weighted by molar-refractivity contribution is 7.99. The molecule has 0 N–H and O–H groups in total. The Balaban J connectivity index is 1.24. The van der Waals surface area contributed by atoms with Crippen LogP contribution in [0.5, 0.6) is 0 Å². The molecule has 7 aromatic rings. The summed E-state index contributed by atoms with van der Waals surface area (Å²) in [5.74, 6) is 0.431. The van der Waals surface area contributed by atoms with Gasteiger partial charge in [-0.05, 0) is 58.6 Å². The van der Waals surface area contributed by atoms with Crippen molar-refractivity contribution in [3.63, 3.8) is 0 Å². The number of para-hydroxylation sites is 2. The Hall–Kier alpha value is -4.96. The summed E-state index contributed by atoms with van der Waals surface area (Å²) < 4.78 is 0. The molecule has 6 heteroatoms. The van der Waals surface area contributed by atoms with Crippen LogP contribution in [0.4, 0.5) is 16.4 Å². The standard InChI is InChI=1S/C35H20N4S2/c36-20-22(35-37-21-28-26-11-2-1-9-24(26)25-10-3-4-12-27(25)34(28)38-35)19-23-17-18-33(40-23)39-29-13-5-7-15-31(29)41-32-16-8-6-14-30(32)39/h1-19,21H/b22-19+. The third-order valence-electron chi connectivity index (χ3n) is 7.39.